The first kappa shape index (κ1) is 48.7. The summed E-state index contributed by atoms with van der Waals surface area (Å²) in [6.45, 7) is 19.4. The second-order valence-corrected chi connectivity index (χ2v) is 9.58. The molecule has 0 aliphatic carbocycles. The molecule has 0 saturated carbocycles. The smallest absolute Gasteiger partial charge is 0.312 e. The SMILES string of the molecule is CC.CC.CCC(=O)O.CCCNC(N)=O.CNCC(=O)NC(C(=O)NCC(=O)Nc1ccc(COC(=O)C(C)C)cc1)C(C)C. The van der Waals surface area contributed by atoms with E-state index in [2.05, 4.69) is 26.6 Å². The number of likely N-dealkylation sites (N-methyl/N-ethyl adjacent to an activating group) is 1. The Morgan fingerprint density at radius 2 is 1.37 bits per heavy atom. The third-order valence-electron chi connectivity index (χ3n) is 4.97. The van der Waals surface area contributed by atoms with Crippen molar-refractivity contribution in [1.29, 1.82) is 0 Å². The number of benzene rings is 1. The maximum atomic E-state index is 12.3. The normalized spacial score (nSPS) is 9.93. The number of carbonyl (C=O) groups is 6. The number of primary amides is 1. The van der Waals surface area contributed by atoms with Crippen LogP contribution < -0.4 is 32.3 Å². The highest BCUT2D eigenvalue weighted by Crippen LogP contribution is 2.11. The lowest BCUT2D eigenvalue weighted by molar-refractivity contribution is -0.148. The molecule has 46 heavy (non-hydrogen) atoms. The predicted octanol–water partition coefficient (Wildman–Crippen LogP) is 3.40. The summed E-state index contributed by atoms with van der Waals surface area (Å²) < 4.78 is 5.15. The van der Waals surface area contributed by atoms with E-state index in [0.29, 0.717) is 12.2 Å². The van der Waals surface area contributed by atoms with Crippen LogP contribution in [0.4, 0.5) is 10.5 Å². The second kappa shape index (κ2) is 32.2. The van der Waals surface area contributed by atoms with Gasteiger partial charge in [0.25, 0.3) is 0 Å². The molecule has 0 spiro atoms. The van der Waals surface area contributed by atoms with Gasteiger partial charge in [0.05, 0.1) is 19.0 Å². The van der Waals surface area contributed by atoms with Crippen LogP contribution in [-0.2, 0) is 35.3 Å². The molecule has 5 amide bonds. The maximum absolute atomic E-state index is 12.3. The second-order valence-electron chi connectivity index (χ2n) is 9.58. The van der Waals surface area contributed by atoms with Crippen molar-refractivity contribution in [1.82, 2.24) is 21.3 Å². The van der Waals surface area contributed by atoms with Crippen molar-refractivity contribution in [2.75, 3.05) is 32.0 Å². The molecule has 1 atom stereocenters. The number of amides is 5. The molecule has 8 N–H and O–H groups in total. The predicted molar refractivity (Wildman–Crippen MR) is 182 cm³/mol. The van der Waals surface area contributed by atoms with Crippen molar-refractivity contribution >= 4 is 41.4 Å². The van der Waals surface area contributed by atoms with E-state index >= 15 is 0 Å². The molecule has 1 aromatic rings. The molecule has 0 saturated heterocycles. The van der Waals surface area contributed by atoms with E-state index in [1.165, 1.54) is 0 Å². The number of anilines is 1. The van der Waals surface area contributed by atoms with E-state index < -0.39 is 29.9 Å². The first-order valence-corrected chi connectivity index (χ1v) is 15.7. The Morgan fingerprint density at radius 1 is 0.848 bits per heavy atom. The maximum Gasteiger partial charge on any atom is 0.312 e. The number of urea groups is 1. The minimum Gasteiger partial charge on any atom is -0.481 e. The summed E-state index contributed by atoms with van der Waals surface area (Å²) >= 11 is 0. The molecule has 1 rings (SSSR count). The van der Waals surface area contributed by atoms with Crippen LogP contribution >= 0.6 is 0 Å². The van der Waals surface area contributed by atoms with Gasteiger partial charge in [0.15, 0.2) is 0 Å². The summed E-state index contributed by atoms with van der Waals surface area (Å²) in [7, 11) is 1.64. The van der Waals surface area contributed by atoms with Gasteiger partial charge in [-0.3, -0.25) is 24.0 Å². The standard InChI is InChI=1S/C21H32N4O5.C4H10N2O.C3H6O2.2C2H6/c1-13(2)19(25-17(26)10-22-5)20(28)23-11-18(27)24-16-8-6-15(7-9-16)12-30-21(29)14(3)4;1-2-3-6-4(5)7;1-2-3(4)5;2*1-2/h6-9,13-14,19,22H,10-12H2,1-5H3,(H,23,28)(H,24,27)(H,25,26);2-3H2,1H3,(H3,5,6,7);2H2,1H3,(H,4,5);2*1-2H3. The summed E-state index contributed by atoms with van der Waals surface area (Å²) in [5.74, 6) is -2.46. The Balaban J connectivity index is -0.000000456. The number of nitrogens with two attached hydrogens (primary N) is 1. The minimum absolute atomic E-state index is 0.101. The van der Waals surface area contributed by atoms with Crippen LogP contribution in [-0.4, -0.2) is 73.5 Å². The van der Waals surface area contributed by atoms with Crippen molar-refractivity contribution in [3.05, 3.63) is 29.8 Å². The lowest BCUT2D eigenvalue weighted by Crippen LogP contribution is -2.52. The fourth-order valence-electron chi connectivity index (χ4n) is 2.66. The van der Waals surface area contributed by atoms with Crippen molar-refractivity contribution in [3.8, 4) is 0 Å². The van der Waals surface area contributed by atoms with Crippen molar-refractivity contribution in [3.63, 3.8) is 0 Å². The molecule has 0 aromatic heterocycles. The molecule has 1 unspecified atom stereocenters. The van der Waals surface area contributed by atoms with Gasteiger partial charge in [-0.05, 0) is 37.1 Å². The zero-order valence-electron chi connectivity index (χ0n) is 29.7. The third kappa shape index (κ3) is 29.9. The number of carboxylic acids is 1. The monoisotopic (exact) mass is 656 g/mol. The summed E-state index contributed by atoms with van der Waals surface area (Å²) in [6, 6.07) is 5.69. The van der Waals surface area contributed by atoms with Crippen molar-refractivity contribution in [2.45, 2.75) is 94.7 Å². The third-order valence-corrected chi connectivity index (χ3v) is 4.97. The molecule has 1 aromatic carbocycles. The van der Waals surface area contributed by atoms with Crippen LogP contribution in [0.2, 0.25) is 0 Å². The van der Waals surface area contributed by atoms with E-state index in [1.54, 1.807) is 52.1 Å². The number of rotatable bonds is 14. The number of carboxylic acid groups (broad SMARTS) is 1. The lowest BCUT2D eigenvalue weighted by Gasteiger charge is -2.21. The van der Waals surface area contributed by atoms with Gasteiger partial charge in [-0.1, -0.05) is 81.4 Å². The number of aliphatic carboxylic acids is 1. The molecule has 14 heteroatoms. The Kier molecular flexibility index (Phi) is 34.1. The largest absolute Gasteiger partial charge is 0.481 e. The summed E-state index contributed by atoms with van der Waals surface area (Å²) in [4.78, 5) is 66.9. The Bertz CT molecular complexity index is 985. The highest BCUT2D eigenvalue weighted by Gasteiger charge is 2.24. The van der Waals surface area contributed by atoms with Gasteiger partial charge in [0.1, 0.15) is 12.6 Å². The average Bonchev–Trinajstić information content (AvgIpc) is 3.03. The van der Waals surface area contributed by atoms with E-state index in [1.807, 2.05) is 48.5 Å². The molecule has 14 nitrogen and oxygen atoms in total. The molecular weight excluding hydrogens is 596 g/mol. The summed E-state index contributed by atoms with van der Waals surface area (Å²) in [5, 5.41) is 20.7. The fraction of sp³-hybridized carbons (Fsp3) is 0.625. The number of hydrogen-bond acceptors (Lipinski definition) is 8. The molecule has 0 aliphatic heterocycles. The zero-order valence-corrected chi connectivity index (χ0v) is 29.7. The quantitative estimate of drug-likeness (QED) is 0.146. The van der Waals surface area contributed by atoms with Gasteiger partial charge < -0.3 is 42.2 Å². The van der Waals surface area contributed by atoms with Gasteiger partial charge in [-0.15, -0.1) is 0 Å². The Morgan fingerprint density at radius 3 is 1.74 bits per heavy atom. The Labute approximate surface area is 275 Å². The summed E-state index contributed by atoms with van der Waals surface area (Å²) in [6.07, 6.45) is 1.16. The van der Waals surface area contributed by atoms with Crippen molar-refractivity contribution < 1.29 is 38.6 Å². The van der Waals surface area contributed by atoms with Crippen molar-refractivity contribution in [2.24, 2.45) is 17.6 Å². The molecule has 266 valence electrons. The van der Waals surface area contributed by atoms with Crippen LogP contribution in [0.1, 0.15) is 87.6 Å². The minimum atomic E-state index is -0.745. The highest BCUT2D eigenvalue weighted by molar-refractivity contribution is 5.96. The summed E-state index contributed by atoms with van der Waals surface area (Å²) in [5.41, 5.74) is 6.08. The molecule has 0 radical (unpaired) electrons. The number of carbonyl (C=O) groups excluding carboxylic acids is 5. The Hall–Kier alpha value is -4.20. The van der Waals surface area contributed by atoms with Crippen LogP contribution in [0.3, 0.4) is 0 Å². The fourth-order valence-corrected chi connectivity index (χ4v) is 2.66. The van der Waals surface area contributed by atoms with E-state index in [-0.39, 0.29) is 49.8 Å². The lowest BCUT2D eigenvalue weighted by atomic mass is 10.0. The van der Waals surface area contributed by atoms with Crippen LogP contribution in [0, 0.1) is 11.8 Å². The van der Waals surface area contributed by atoms with Gasteiger partial charge >= 0.3 is 18.0 Å². The zero-order chi connectivity index (χ0) is 36.7. The van der Waals surface area contributed by atoms with E-state index in [0.717, 1.165) is 12.0 Å². The number of nitrogens with one attached hydrogen (secondary N) is 5. The first-order chi connectivity index (χ1) is 21.7. The topological polar surface area (TPSA) is 218 Å². The average molecular weight is 657 g/mol. The van der Waals surface area contributed by atoms with Crippen LogP contribution in [0.25, 0.3) is 0 Å². The molecular formula is C32H60N6O8. The molecule has 0 heterocycles. The number of ether oxygens (including phenoxy) is 1. The number of esters is 1. The van der Waals surface area contributed by atoms with Gasteiger partial charge in [0.2, 0.25) is 17.7 Å². The van der Waals surface area contributed by atoms with Gasteiger partial charge in [-0.2, -0.15) is 0 Å². The van der Waals surface area contributed by atoms with Gasteiger partial charge in [-0.25, -0.2) is 4.79 Å². The highest BCUT2D eigenvalue weighted by atomic mass is 16.5. The van der Waals surface area contributed by atoms with Crippen LogP contribution in [0.5, 0.6) is 0 Å². The number of hydrogen-bond donors (Lipinski definition) is 7. The molecule has 0 fully saturated rings. The van der Waals surface area contributed by atoms with E-state index in [4.69, 9.17) is 15.6 Å². The molecule has 0 bridgehead atoms. The van der Waals surface area contributed by atoms with Crippen LogP contribution in [0.15, 0.2) is 24.3 Å². The molecule has 0 aliphatic rings. The van der Waals surface area contributed by atoms with Gasteiger partial charge in [0, 0.05) is 18.7 Å². The van der Waals surface area contributed by atoms with E-state index in [9.17, 15) is 28.8 Å². The first-order valence-electron chi connectivity index (χ1n) is 15.7.